The highest BCUT2D eigenvalue weighted by Gasteiger charge is 2.32. The first-order valence-electron chi connectivity index (χ1n) is 14.5. The van der Waals surface area contributed by atoms with Crippen LogP contribution in [0, 0.1) is 24.2 Å². The maximum Gasteiger partial charge on any atom is 0.419 e. The Kier molecular flexibility index (Phi) is 8.94. The molecule has 10 nitrogen and oxygen atoms in total. The summed E-state index contributed by atoms with van der Waals surface area (Å²) in [5.74, 6) is -0.224. The monoisotopic (exact) mass is 583 g/mol. The summed E-state index contributed by atoms with van der Waals surface area (Å²) in [6, 6.07) is 11.6. The summed E-state index contributed by atoms with van der Waals surface area (Å²) in [5.41, 5.74) is 4.64. The van der Waals surface area contributed by atoms with Crippen LogP contribution >= 0.6 is 0 Å². The summed E-state index contributed by atoms with van der Waals surface area (Å²) in [7, 11) is 5.40. The minimum atomic E-state index is -0.467. The van der Waals surface area contributed by atoms with Crippen LogP contribution < -0.4 is 15.8 Å². The highest BCUT2D eigenvalue weighted by Crippen LogP contribution is 2.29. The quantitative estimate of drug-likeness (QED) is 0.282. The minimum Gasteiger partial charge on any atom is -0.497 e. The molecule has 43 heavy (non-hydrogen) atoms. The van der Waals surface area contributed by atoms with Gasteiger partial charge in [-0.15, -0.1) is 0 Å². The smallest absolute Gasteiger partial charge is 0.419 e. The van der Waals surface area contributed by atoms with Gasteiger partial charge in [0.25, 0.3) is 0 Å². The Morgan fingerprint density at radius 2 is 2.02 bits per heavy atom. The fourth-order valence-corrected chi connectivity index (χ4v) is 6.29. The second kappa shape index (κ2) is 12.8. The minimum absolute atomic E-state index is 0.162. The molecule has 5 rings (SSSR count). The van der Waals surface area contributed by atoms with Crippen molar-refractivity contribution in [2.75, 3.05) is 39.1 Å². The van der Waals surface area contributed by atoms with Crippen molar-refractivity contribution in [3.8, 4) is 11.8 Å². The third-order valence-corrected chi connectivity index (χ3v) is 8.75. The van der Waals surface area contributed by atoms with E-state index in [1.54, 1.807) is 32.4 Å². The number of oxazole rings is 1. The molecule has 0 saturated carbocycles. The lowest BCUT2D eigenvalue weighted by molar-refractivity contribution is -0.105. The highest BCUT2D eigenvalue weighted by molar-refractivity contribution is 6.12. The average Bonchev–Trinajstić information content (AvgIpc) is 3.32. The molecule has 1 N–H and O–H groups in total. The number of carbonyl (C=O) groups excluding carboxylic acids is 2. The molecule has 2 aliphatic rings. The first kappa shape index (κ1) is 30.0. The Hall–Kier alpha value is -4.46. The molecule has 1 fully saturated rings. The van der Waals surface area contributed by atoms with Gasteiger partial charge in [0.15, 0.2) is 11.4 Å². The lowest BCUT2D eigenvalue weighted by atomic mass is 9.87. The first-order valence-corrected chi connectivity index (χ1v) is 14.5. The Morgan fingerprint density at radius 3 is 2.72 bits per heavy atom. The summed E-state index contributed by atoms with van der Waals surface area (Å²) in [6.07, 6.45) is 8.81. The number of ether oxygens (including phenoxy) is 1. The number of fused-ring (bicyclic) bond motifs is 1. The molecule has 10 heteroatoms. The van der Waals surface area contributed by atoms with E-state index in [-0.39, 0.29) is 17.7 Å². The number of likely N-dealkylation sites (N-methyl/N-ethyl adjacent to an activating group) is 1. The molecule has 1 aliphatic heterocycles. The molecule has 2 heterocycles. The fourth-order valence-electron chi connectivity index (χ4n) is 6.29. The molecule has 0 bridgehead atoms. The number of ketones is 1. The Labute approximate surface area is 250 Å². The predicted molar refractivity (Wildman–Crippen MR) is 164 cm³/mol. The molecule has 3 aromatic rings. The van der Waals surface area contributed by atoms with Gasteiger partial charge in [0.05, 0.1) is 24.6 Å². The highest BCUT2D eigenvalue weighted by atomic mass is 16.5. The zero-order chi connectivity index (χ0) is 30.7. The van der Waals surface area contributed by atoms with Crippen molar-refractivity contribution in [2.24, 2.45) is 13.0 Å². The second-order valence-electron chi connectivity index (χ2n) is 11.3. The zero-order valence-corrected chi connectivity index (χ0v) is 25.0. The number of hydrogen-bond donors (Lipinski definition) is 1. The Morgan fingerprint density at radius 1 is 1.26 bits per heavy atom. The summed E-state index contributed by atoms with van der Waals surface area (Å²) in [5, 5.41) is 12.7. The standard InChI is InChI=1S/C33H37N5O5/c1-21-15-25(18-30-31(21)37(3)33(41)43-30)32(40)23-5-6-24(19-34)29(17-23)38-13-10-26(11-14-38)36(2)12-9-22-16-27(42-4)7-8-28(22)35-20-39/h5-8,15-18,20,24,26,29H,9-14H2,1-4H3,(H,35,39). The number of rotatable bonds is 10. The number of nitriles is 1. The van der Waals surface area contributed by atoms with Crippen molar-refractivity contribution in [3.63, 3.8) is 0 Å². The van der Waals surface area contributed by atoms with E-state index in [0.29, 0.717) is 34.7 Å². The lowest BCUT2D eigenvalue weighted by Gasteiger charge is -2.41. The molecule has 2 unspecified atom stereocenters. The molecule has 1 amide bonds. The van der Waals surface area contributed by atoms with Crippen LogP contribution in [0.1, 0.15) is 34.3 Å². The summed E-state index contributed by atoms with van der Waals surface area (Å²) in [6.45, 7) is 4.29. The van der Waals surface area contributed by atoms with Crippen molar-refractivity contribution in [3.05, 3.63) is 81.4 Å². The van der Waals surface area contributed by atoms with Crippen molar-refractivity contribution in [1.29, 1.82) is 5.26 Å². The van der Waals surface area contributed by atoms with Crippen molar-refractivity contribution in [2.45, 2.75) is 38.3 Å². The number of methoxy groups -OCH3 is 1. The molecular formula is C33H37N5O5. The molecule has 0 spiro atoms. The topological polar surface area (TPSA) is 121 Å². The van der Waals surface area contributed by atoms with Gasteiger partial charge in [0.2, 0.25) is 6.41 Å². The van der Waals surface area contributed by atoms with E-state index < -0.39 is 5.76 Å². The number of aromatic nitrogens is 1. The molecule has 2 atom stereocenters. The molecule has 1 aliphatic carbocycles. The van der Waals surface area contributed by atoms with Gasteiger partial charge >= 0.3 is 5.76 Å². The van der Waals surface area contributed by atoms with Crippen LogP contribution in [0.3, 0.4) is 0 Å². The van der Waals surface area contributed by atoms with E-state index in [1.807, 2.05) is 37.3 Å². The van der Waals surface area contributed by atoms with Gasteiger partial charge in [-0.3, -0.25) is 19.1 Å². The van der Waals surface area contributed by atoms with Gasteiger partial charge in [-0.1, -0.05) is 18.2 Å². The van der Waals surface area contributed by atoms with E-state index in [4.69, 9.17) is 9.15 Å². The number of hydrogen-bond acceptors (Lipinski definition) is 8. The maximum atomic E-state index is 13.6. The molecular weight excluding hydrogens is 546 g/mol. The van der Waals surface area contributed by atoms with Gasteiger partial charge in [0.1, 0.15) is 5.75 Å². The van der Waals surface area contributed by atoms with E-state index >= 15 is 0 Å². The Balaban J connectivity index is 1.25. The largest absolute Gasteiger partial charge is 0.497 e. The number of nitrogens with zero attached hydrogens (tertiary/aromatic N) is 4. The van der Waals surface area contributed by atoms with E-state index in [2.05, 4.69) is 28.2 Å². The number of amides is 1. The maximum absolute atomic E-state index is 13.6. The van der Waals surface area contributed by atoms with Gasteiger partial charge in [0, 0.05) is 55.6 Å². The third kappa shape index (κ3) is 6.19. The van der Waals surface area contributed by atoms with Crippen LogP contribution in [0.2, 0.25) is 0 Å². The second-order valence-corrected chi connectivity index (χ2v) is 11.3. The summed E-state index contributed by atoms with van der Waals surface area (Å²) < 4.78 is 12.2. The van der Waals surface area contributed by atoms with Crippen molar-refractivity contribution >= 4 is 29.0 Å². The van der Waals surface area contributed by atoms with Gasteiger partial charge in [-0.25, -0.2) is 4.79 Å². The number of benzene rings is 2. The fraction of sp³-hybridized carbons (Fsp3) is 0.394. The zero-order valence-electron chi connectivity index (χ0n) is 25.0. The number of piperidine rings is 1. The number of Topliss-reactive ketones (excluding diaryl/α,β-unsaturated/α-hetero) is 1. The van der Waals surface area contributed by atoms with Gasteiger partial charge in [-0.2, -0.15) is 5.26 Å². The number of allylic oxidation sites excluding steroid dienone is 2. The normalized spacial score (nSPS) is 19.3. The van der Waals surface area contributed by atoms with Crippen LogP contribution in [0.25, 0.3) is 11.1 Å². The van der Waals surface area contributed by atoms with Crippen LogP contribution in [-0.2, 0) is 18.3 Å². The molecule has 2 aromatic carbocycles. The molecule has 224 valence electrons. The van der Waals surface area contributed by atoms with Crippen LogP contribution in [0.4, 0.5) is 5.69 Å². The van der Waals surface area contributed by atoms with E-state index in [0.717, 1.165) is 61.5 Å². The van der Waals surface area contributed by atoms with Crippen LogP contribution in [0.15, 0.2) is 63.3 Å². The predicted octanol–water partition coefficient (Wildman–Crippen LogP) is 3.84. The number of anilines is 1. The third-order valence-electron chi connectivity index (χ3n) is 8.75. The van der Waals surface area contributed by atoms with Crippen molar-refractivity contribution < 1.29 is 18.7 Å². The first-order chi connectivity index (χ1) is 20.7. The molecule has 0 radical (unpaired) electrons. The Bertz CT molecular complexity index is 1690. The SMILES string of the molecule is COc1ccc(NC=O)c(CCN(C)C2CCN(C3C=C(C(=O)c4cc(C)c5c(c4)oc(=O)n5C)C=CC3C#N)CC2)c1. The molecule has 1 saturated heterocycles. The van der Waals surface area contributed by atoms with Crippen LogP contribution in [-0.4, -0.2) is 72.4 Å². The average molecular weight is 584 g/mol. The van der Waals surface area contributed by atoms with Crippen molar-refractivity contribution in [1.82, 2.24) is 14.4 Å². The number of nitrogens with one attached hydrogen (secondary N) is 1. The number of likely N-dealkylation sites (tertiary alicyclic amines) is 1. The van der Waals surface area contributed by atoms with E-state index in [1.165, 1.54) is 4.57 Å². The number of aryl methyl sites for hydroxylation is 2. The molecule has 1 aromatic heterocycles. The van der Waals surface area contributed by atoms with E-state index in [9.17, 15) is 19.6 Å². The summed E-state index contributed by atoms with van der Waals surface area (Å²) in [4.78, 5) is 41.3. The number of carbonyl (C=O) groups is 2. The van der Waals surface area contributed by atoms with Crippen LogP contribution in [0.5, 0.6) is 5.75 Å². The summed E-state index contributed by atoms with van der Waals surface area (Å²) >= 11 is 0. The lowest BCUT2D eigenvalue weighted by Crippen LogP contribution is -2.49. The van der Waals surface area contributed by atoms with Gasteiger partial charge < -0.3 is 19.4 Å². The van der Waals surface area contributed by atoms with Gasteiger partial charge in [-0.05, 0) is 74.7 Å².